The van der Waals surface area contributed by atoms with Gasteiger partial charge >= 0.3 is 0 Å². The molecule has 0 spiro atoms. The Morgan fingerprint density at radius 1 is 1.22 bits per heavy atom. The van der Waals surface area contributed by atoms with Crippen LogP contribution in [-0.2, 0) is 11.3 Å². The van der Waals surface area contributed by atoms with Crippen LogP contribution in [0.5, 0.6) is 0 Å². The summed E-state index contributed by atoms with van der Waals surface area (Å²) >= 11 is 1.70. The second-order valence-electron chi connectivity index (χ2n) is 6.04. The van der Waals surface area contributed by atoms with E-state index in [1.165, 1.54) is 11.3 Å². The molecule has 3 aromatic rings. The maximum atomic E-state index is 5.48. The number of piperidine rings is 1. The SMILES string of the molecule is COC1CCN(Cc2c(-c3ccccc3)nc3sccn23)CC1. The van der Waals surface area contributed by atoms with E-state index >= 15 is 0 Å². The Kier molecular flexibility index (Phi) is 4.16. The van der Waals surface area contributed by atoms with Gasteiger partial charge in [0.15, 0.2) is 4.96 Å². The highest BCUT2D eigenvalue weighted by atomic mass is 32.1. The highest BCUT2D eigenvalue weighted by Gasteiger charge is 2.22. The molecule has 0 amide bonds. The lowest BCUT2D eigenvalue weighted by molar-refractivity contribution is 0.0385. The number of ether oxygens (including phenoxy) is 1. The van der Waals surface area contributed by atoms with Gasteiger partial charge in [0, 0.05) is 43.9 Å². The number of hydrogen-bond donors (Lipinski definition) is 0. The largest absolute Gasteiger partial charge is 0.381 e. The molecule has 1 aliphatic heterocycles. The average Bonchev–Trinajstić information content (AvgIpc) is 3.19. The molecular formula is C18H21N3OS. The third kappa shape index (κ3) is 2.92. The van der Waals surface area contributed by atoms with Crippen molar-refractivity contribution in [3.63, 3.8) is 0 Å². The Hall–Kier alpha value is -1.69. The van der Waals surface area contributed by atoms with E-state index in [1.54, 1.807) is 11.3 Å². The van der Waals surface area contributed by atoms with Crippen LogP contribution >= 0.6 is 11.3 Å². The van der Waals surface area contributed by atoms with Crippen LogP contribution in [0.1, 0.15) is 18.5 Å². The summed E-state index contributed by atoms with van der Waals surface area (Å²) in [5.74, 6) is 0. The number of thiazole rings is 1. The molecule has 0 bridgehead atoms. The zero-order valence-electron chi connectivity index (χ0n) is 13.3. The molecule has 4 rings (SSSR count). The van der Waals surface area contributed by atoms with Gasteiger partial charge in [0.25, 0.3) is 0 Å². The van der Waals surface area contributed by atoms with E-state index in [9.17, 15) is 0 Å². The van der Waals surface area contributed by atoms with E-state index in [1.807, 2.05) is 7.11 Å². The van der Waals surface area contributed by atoms with Gasteiger partial charge in [-0.15, -0.1) is 11.3 Å². The molecular weight excluding hydrogens is 306 g/mol. The number of nitrogens with zero attached hydrogens (tertiary/aromatic N) is 3. The van der Waals surface area contributed by atoms with Gasteiger partial charge in [0.2, 0.25) is 0 Å². The van der Waals surface area contributed by atoms with Crippen molar-refractivity contribution in [3.05, 3.63) is 47.6 Å². The van der Waals surface area contributed by atoms with Gasteiger partial charge in [0.05, 0.1) is 17.5 Å². The molecule has 120 valence electrons. The molecule has 0 aliphatic carbocycles. The van der Waals surface area contributed by atoms with E-state index in [2.05, 4.69) is 51.2 Å². The van der Waals surface area contributed by atoms with Crippen LogP contribution in [0.4, 0.5) is 0 Å². The molecule has 1 aliphatic rings. The fraction of sp³-hybridized carbons (Fsp3) is 0.389. The molecule has 1 saturated heterocycles. The summed E-state index contributed by atoms with van der Waals surface area (Å²) in [6, 6.07) is 10.5. The monoisotopic (exact) mass is 327 g/mol. The summed E-state index contributed by atoms with van der Waals surface area (Å²) in [6.07, 6.45) is 4.79. The maximum Gasteiger partial charge on any atom is 0.194 e. The molecule has 0 N–H and O–H groups in total. The number of rotatable bonds is 4. The Balaban J connectivity index is 1.64. The second kappa shape index (κ2) is 6.43. The van der Waals surface area contributed by atoms with Crippen LogP contribution in [0.3, 0.4) is 0 Å². The number of hydrogen-bond acceptors (Lipinski definition) is 4. The number of methoxy groups -OCH3 is 1. The fourth-order valence-corrected chi connectivity index (χ4v) is 4.06. The van der Waals surface area contributed by atoms with Gasteiger partial charge in [-0.3, -0.25) is 9.30 Å². The van der Waals surface area contributed by atoms with E-state index in [0.717, 1.165) is 43.1 Å². The molecule has 2 aromatic heterocycles. The van der Waals surface area contributed by atoms with Crippen molar-refractivity contribution in [2.45, 2.75) is 25.5 Å². The highest BCUT2D eigenvalue weighted by Crippen LogP contribution is 2.28. The van der Waals surface area contributed by atoms with Gasteiger partial charge in [-0.1, -0.05) is 30.3 Å². The van der Waals surface area contributed by atoms with E-state index in [0.29, 0.717) is 6.10 Å². The molecule has 4 nitrogen and oxygen atoms in total. The van der Waals surface area contributed by atoms with Crippen LogP contribution in [-0.4, -0.2) is 40.6 Å². The smallest absolute Gasteiger partial charge is 0.194 e. The van der Waals surface area contributed by atoms with Crippen LogP contribution in [0.15, 0.2) is 41.9 Å². The van der Waals surface area contributed by atoms with Crippen molar-refractivity contribution in [3.8, 4) is 11.3 Å². The van der Waals surface area contributed by atoms with Crippen molar-refractivity contribution in [1.29, 1.82) is 0 Å². The summed E-state index contributed by atoms with van der Waals surface area (Å²) in [6.45, 7) is 3.12. The third-order valence-electron chi connectivity index (χ3n) is 4.65. The first-order valence-corrected chi connectivity index (χ1v) is 8.98. The topological polar surface area (TPSA) is 29.8 Å². The van der Waals surface area contributed by atoms with Crippen LogP contribution < -0.4 is 0 Å². The normalized spacial score (nSPS) is 17.1. The van der Waals surface area contributed by atoms with E-state index < -0.39 is 0 Å². The summed E-state index contributed by atoms with van der Waals surface area (Å²) in [5.41, 5.74) is 3.61. The van der Waals surface area contributed by atoms with Gasteiger partial charge in [-0.05, 0) is 12.8 Å². The van der Waals surface area contributed by atoms with Crippen LogP contribution in [0.25, 0.3) is 16.2 Å². The Labute approximate surface area is 140 Å². The Bertz CT molecular complexity index is 772. The Morgan fingerprint density at radius 2 is 2.00 bits per heavy atom. The molecule has 1 aromatic carbocycles. The van der Waals surface area contributed by atoms with Gasteiger partial charge in [0.1, 0.15) is 0 Å². The van der Waals surface area contributed by atoms with Crippen LogP contribution in [0, 0.1) is 0 Å². The first-order valence-electron chi connectivity index (χ1n) is 8.10. The molecule has 23 heavy (non-hydrogen) atoms. The molecule has 0 saturated carbocycles. The minimum atomic E-state index is 0.423. The lowest BCUT2D eigenvalue weighted by Crippen LogP contribution is -2.36. The molecule has 1 fully saturated rings. The number of benzene rings is 1. The minimum absolute atomic E-state index is 0.423. The molecule has 0 atom stereocenters. The maximum absolute atomic E-state index is 5.48. The standard InChI is InChI=1S/C18H21N3OS/c1-22-15-7-9-20(10-8-15)13-16-17(14-5-3-2-4-6-14)19-18-21(16)11-12-23-18/h2-6,11-12,15H,7-10,13H2,1H3. The van der Waals surface area contributed by atoms with Gasteiger partial charge in [-0.2, -0.15) is 0 Å². The van der Waals surface area contributed by atoms with E-state index in [-0.39, 0.29) is 0 Å². The summed E-state index contributed by atoms with van der Waals surface area (Å²) in [4.78, 5) is 8.46. The lowest BCUT2D eigenvalue weighted by Gasteiger charge is -2.31. The van der Waals surface area contributed by atoms with Crippen molar-refractivity contribution < 1.29 is 4.74 Å². The number of fused-ring (bicyclic) bond motifs is 1. The molecule has 0 unspecified atom stereocenters. The lowest BCUT2D eigenvalue weighted by atomic mass is 10.1. The average molecular weight is 327 g/mol. The Morgan fingerprint density at radius 3 is 2.74 bits per heavy atom. The van der Waals surface area contributed by atoms with Crippen molar-refractivity contribution in [2.24, 2.45) is 0 Å². The third-order valence-corrected chi connectivity index (χ3v) is 5.41. The quantitative estimate of drug-likeness (QED) is 0.732. The van der Waals surface area contributed by atoms with E-state index in [4.69, 9.17) is 9.72 Å². The molecule has 5 heteroatoms. The second-order valence-corrected chi connectivity index (χ2v) is 6.91. The molecule has 3 heterocycles. The summed E-state index contributed by atoms with van der Waals surface area (Å²) < 4.78 is 7.73. The van der Waals surface area contributed by atoms with Crippen molar-refractivity contribution >= 4 is 16.3 Å². The first-order chi connectivity index (χ1) is 11.3. The molecule has 0 radical (unpaired) electrons. The number of imidazole rings is 1. The van der Waals surface area contributed by atoms with Crippen LogP contribution in [0.2, 0.25) is 0 Å². The highest BCUT2D eigenvalue weighted by molar-refractivity contribution is 7.15. The van der Waals surface area contributed by atoms with Crippen molar-refractivity contribution in [1.82, 2.24) is 14.3 Å². The number of aromatic nitrogens is 2. The predicted octanol–water partition coefficient (Wildman–Crippen LogP) is 3.67. The predicted molar refractivity (Wildman–Crippen MR) is 93.8 cm³/mol. The minimum Gasteiger partial charge on any atom is -0.381 e. The summed E-state index contributed by atoms with van der Waals surface area (Å²) in [7, 11) is 1.82. The zero-order valence-corrected chi connectivity index (χ0v) is 14.1. The van der Waals surface area contributed by atoms with Gasteiger partial charge in [-0.25, -0.2) is 4.98 Å². The van der Waals surface area contributed by atoms with Gasteiger partial charge < -0.3 is 4.74 Å². The summed E-state index contributed by atoms with van der Waals surface area (Å²) in [5, 5.41) is 2.11. The first kappa shape index (κ1) is 14.9. The number of likely N-dealkylation sites (tertiary alicyclic amines) is 1. The van der Waals surface area contributed by atoms with Crippen molar-refractivity contribution in [2.75, 3.05) is 20.2 Å². The zero-order chi connectivity index (χ0) is 15.6. The fourth-order valence-electron chi connectivity index (χ4n) is 3.33.